The number of thiocarbonyl (C=S) groups is 1. The molecule has 23 heavy (non-hydrogen) atoms. The van der Waals surface area contributed by atoms with Crippen LogP contribution in [0.2, 0.25) is 0 Å². The van der Waals surface area contributed by atoms with Gasteiger partial charge in [0.15, 0.2) is 0 Å². The lowest BCUT2D eigenvalue weighted by Crippen LogP contribution is -1.91. The number of halogens is 2. The van der Waals surface area contributed by atoms with Crippen LogP contribution >= 0.6 is 35.4 Å². The molecule has 0 bridgehead atoms. The maximum Gasteiger partial charge on any atom is 0.285 e. The molecule has 0 aromatic heterocycles. The molecule has 3 nitrogen and oxygen atoms in total. The van der Waals surface area contributed by atoms with Gasteiger partial charge < -0.3 is 0 Å². The monoisotopic (exact) mass is 369 g/mol. The van der Waals surface area contributed by atoms with Crippen molar-refractivity contribution in [2.24, 2.45) is 4.99 Å². The first kappa shape index (κ1) is 23.4. The predicted molar refractivity (Wildman–Crippen MR) is 101 cm³/mol. The molecule has 0 aliphatic rings. The molecule has 122 valence electrons. The Morgan fingerprint density at radius 1 is 0.913 bits per heavy atom. The summed E-state index contributed by atoms with van der Waals surface area (Å²) < 4.78 is 0. The summed E-state index contributed by atoms with van der Waals surface area (Å²) in [6, 6.07) is 17.5. The SMILES string of the molecule is C.CCl.O=C(Cl)c1ccccc1.O=C(N=C=S)c1ccccc1. The molecule has 0 N–H and O–H groups in total. The lowest BCUT2D eigenvalue weighted by Gasteiger charge is -1.89. The van der Waals surface area contributed by atoms with Gasteiger partial charge in [-0.2, -0.15) is 4.99 Å². The zero-order chi connectivity index (χ0) is 16.8. The molecule has 6 heteroatoms. The van der Waals surface area contributed by atoms with Crippen molar-refractivity contribution in [3.63, 3.8) is 0 Å². The molecule has 0 saturated heterocycles. The van der Waals surface area contributed by atoms with Crippen molar-refractivity contribution >= 4 is 51.7 Å². The van der Waals surface area contributed by atoms with Crippen LogP contribution in [0.4, 0.5) is 0 Å². The van der Waals surface area contributed by atoms with Gasteiger partial charge in [-0.05, 0) is 36.0 Å². The van der Waals surface area contributed by atoms with Crippen molar-refractivity contribution in [1.29, 1.82) is 0 Å². The van der Waals surface area contributed by atoms with Gasteiger partial charge >= 0.3 is 0 Å². The Morgan fingerprint density at radius 3 is 1.61 bits per heavy atom. The van der Waals surface area contributed by atoms with Crippen LogP contribution in [-0.2, 0) is 0 Å². The van der Waals surface area contributed by atoms with Gasteiger partial charge in [-0.15, -0.1) is 11.6 Å². The minimum Gasteiger partial charge on any atom is -0.276 e. The van der Waals surface area contributed by atoms with E-state index in [0.29, 0.717) is 11.1 Å². The summed E-state index contributed by atoms with van der Waals surface area (Å²) in [6.45, 7) is 0. The third-order valence-corrected chi connectivity index (χ3v) is 2.48. The highest BCUT2D eigenvalue weighted by Crippen LogP contribution is 2.01. The Morgan fingerprint density at radius 2 is 1.30 bits per heavy atom. The molecule has 1 amide bonds. The third-order valence-electron chi connectivity index (χ3n) is 2.17. The summed E-state index contributed by atoms with van der Waals surface area (Å²) in [5.74, 6) is -0.347. The summed E-state index contributed by atoms with van der Waals surface area (Å²) in [7, 11) is 0. The van der Waals surface area contributed by atoms with Crippen molar-refractivity contribution in [2.45, 2.75) is 7.43 Å². The number of nitrogens with zero attached hydrogens (tertiary/aromatic N) is 1. The number of carbonyl (C=O) groups excluding carboxylic acids is 2. The van der Waals surface area contributed by atoms with E-state index in [9.17, 15) is 9.59 Å². The standard InChI is InChI=1S/C8H5NOS.C7H5ClO.CH3Cl.CH4/c10-8(9-6-11)7-4-2-1-3-5-7;8-7(9)6-4-2-1-3-5-6;1-2;/h1-5H;1-5H;1H3;1H4. The van der Waals surface area contributed by atoms with Crippen LogP contribution < -0.4 is 0 Å². The predicted octanol–water partition coefficient (Wildman–Crippen LogP) is 5.49. The smallest absolute Gasteiger partial charge is 0.276 e. The molecule has 2 aromatic rings. The number of isothiocyanates is 1. The quantitative estimate of drug-likeness (QED) is 0.304. The molecular weight excluding hydrogens is 353 g/mol. The molecule has 0 fully saturated rings. The van der Waals surface area contributed by atoms with E-state index in [1.54, 1.807) is 48.5 Å². The minimum absolute atomic E-state index is 0. The second kappa shape index (κ2) is 15.1. The van der Waals surface area contributed by atoms with Gasteiger partial charge in [0.25, 0.3) is 11.1 Å². The van der Waals surface area contributed by atoms with E-state index in [4.69, 9.17) is 11.6 Å². The zero-order valence-corrected chi connectivity index (χ0v) is 14.0. The van der Waals surface area contributed by atoms with E-state index in [1.165, 1.54) is 6.38 Å². The Labute approximate surface area is 152 Å². The van der Waals surface area contributed by atoms with Gasteiger partial charge in [0.2, 0.25) is 0 Å². The highest BCUT2D eigenvalue weighted by atomic mass is 35.5. The number of aliphatic imine (C=N–C) groups is 1. The molecule has 2 aromatic carbocycles. The molecule has 0 aliphatic heterocycles. The highest BCUT2D eigenvalue weighted by Gasteiger charge is 1.99. The molecule has 0 saturated carbocycles. The van der Waals surface area contributed by atoms with Crippen LogP contribution in [0, 0.1) is 0 Å². The van der Waals surface area contributed by atoms with Crippen LogP contribution in [-0.4, -0.2) is 22.7 Å². The van der Waals surface area contributed by atoms with E-state index in [2.05, 4.69) is 28.8 Å². The molecule has 0 aliphatic carbocycles. The topological polar surface area (TPSA) is 46.5 Å². The van der Waals surface area contributed by atoms with Crippen LogP contribution in [0.1, 0.15) is 28.1 Å². The fourth-order valence-electron chi connectivity index (χ4n) is 1.26. The number of carbonyl (C=O) groups is 2. The lowest BCUT2D eigenvalue weighted by molar-refractivity contribution is 0.100. The van der Waals surface area contributed by atoms with Crippen molar-refractivity contribution in [3.05, 3.63) is 71.8 Å². The summed E-state index contributed by atoms with van der Waals surface area (Å²) in [4.78, 5) is 24.7. The van der Waals surface area contributed by atoms with Gasteiger partial charge in [-0.25, -0.2) is 0 Å². The van der Waals surface area contributed by atoms with Crippen molar-refractivity contribution in [2.75, 3.05) is 6.38 Å². The fourth-order valence-corrected chi connectivity index (χ4v) is 1.46. The van der Waals surface area contributed by atoms with Gasteiger partial charge in [-0.1, -0.05) is 56.0 Å². The average molecular weight is 370 g/mol. The second-order valence-corrected chi connectivity index (χ2v) is 4.04. The Kier molecular flexibility index (Phi) is 15.4. The Balaban J connectivity index is 0. The molecule has 0 spiro atoms. The molecular formula is C17H17Cl2NO2S. The van der Waals surface area contributed by atoms with Crippen molar-refractivity contribution < 1.29 is 9.59 Å². The van der Waals surface area contributed by atoms with Gasteiger partial charge in [-0.3, -0.25) is 9.59 Å². The highest BCUT2D eigenvalue weighted by molar-refractivity contribution is 7.78. The van der Waals surface area contributed by atoms with E-state index < -0.39 is 5.24 Å². The van der Waals surface area contributed by atoms with E-state index in [-0.39, 0.29) is 13.3 Å². The van der Waals surface area contributed by atoms with Gasteiger partial charge in [0.05, 0.1) is 5.16 Å². The van der Waals surface area contributed by atoms with E-state index in [0.717, 1.165) is 0 Å². The zero-order valence-electron chi connectivity index (χ0n) is 11.7. The number of benzene rings is 2. The average Bonchev–Trinajstić information content (AvgIpc) is 2.59. The number of alkyl halides is 1. The fraction of sp³-hybridized carbons (Fsp3) is 0.118. The Bertz CT molecular complexity index is 628. The maximum absolute atomic E-state index is 10.9. The summed E-state index contributed by atoms with van der Waals surface area (Å²) >= 11 is 14.1. The van der Waals surface area contributed by atoms with E-state index >= 15 is 0 Å². The van der Waals surface area contributed by atoms with Crippen LogP contribution in [0.15, 0.2) is 65.7 Å². The van der Waals surface area contributed by atoms with Crippen LogP contribution in [0.25, 0.3) is 0 Å². The summed E-state index contributed by atoms with van der Waals surface area (Å²) in [5.41, 5.74) is 1.07. The maximum atomic E-state index is 10.9. The summed E-state index contributed by atoms with van der Waals surface area (Å²) in [5, 5.41) is 1.62. The van der Waals surface area contributed by atoms with Gasteiger partial charge in [0, 0.05) is 17.5 Å². The lowest BCUT2D eigenvalue weighted by atomic mass is 10.2. The molecule has 0 atom stereocenters. The first-order chi connectivity index (χ1) is 10.6. The van der Waals surface area contributed by atoms with Crippen LogP contribution in [0.5, 0.6) is 0 Å². The Hall–Kier alpha value is -1.84. The normalized spacial score (nSPS) is 7.78. The van der Waals surface area contributed by atoms with Crippen molar-refractivity contribution in [3.8, 4) is 0 Å². The molecule has 0 heterocycles. The number of amides is 1. The third kappa shape index (κ3) is 10.5. The van der Waals surface area contributed by atoms with Crippen molar-refractivity contribution in [1.82, 2.24) is 0 Å². The first-order valence-electron chi connectivity index (χ1n) is 5.95. The van der Waals surface area contributed by atoms with Crippen LogP contribution in [0.3, 0.4) is 0 Å². The second-order valence-electron chi connectivity index (χ2n) is 3.51. The number of hydrogen-bond donors (Lipinski definition) is 0. The largest absolute Gasteiger partial charge is 0.285 e. The number of hydrogen-bond acceptors (Lipinski definition) is 3. The van der Waals surface area contributed by atoms with Gasteiger partial charge in [0.1, 0.15) is 0 Å². The van der Waals surface area contributed by atoms with E-state index in [1.807, 2.05) is 17.3 Å². The number of rotatable bonds is 2. The summed E-state index contributed by atoms with van der Waals surface area (Å²) in [6.07, 6.45) is 1.47. The minimum atomic E-state index is -0.407. The molecule has 0 radical (unpaired) electrons. The first-order valence-corrected chi connectivity index (χ1v) is 7.49. The molecule has 0 unspecified atom stereocenters. The molecule has 2 rings (SSSR count).